The largest absolute Gasteiger partial charge is 0.333 e. The maximum Gasteiger partial charge on any atom is 0.281 e. The van der Waals surface area contributed by atoms with Gasteiger partial charge < -0.3 is 4.98 Å². The Morgan fingerprint density at radius 1 is 0.885 bits per heavy atom. The topological polar surface area (TPSA) is 63.6 Å². The van der Waals surface area contributed by atoms with Crippen molar-refractivity contribution < 1.29 is 0 Å². The van der Waals surface area contributed by atoms with Gasteiger partial charge in [-0.3, -0.25) is 14.3 Å². The summed E-state index contributed by atoms with van der Waals surface area (Å²) in [4.78, 5) is 25.3. The minimum Gasteiger partial charge on any atom is -0.333 e. The zero-order valence-corrected chi connectivity index (χ0v) is 13.8. The molecule has 0 aliphatic carbocycles. The summed E-state index contributed by atoms with van der Waals surface area (Å²) in [5, 5.41) is 0.928. The third-order valence-corrected chi connectivity index (χ3v) is 4.47. The molecule has 0 bridgehead atoms. The molecule has 124 valence electrons. The Morgan fingerprint density at radius 2 is 1.69 bits per heavy atom. The van der Waals surface area contributed by atoms with E-state index in [1.807, 2.05) is 66.7 Å². The van der Waals surface area contributed by atoms with Gasteiger partial charge >= 0.3 is 0 Å². The van der Waals surface area contributed by atoms with E-state index in [0.717, 1.165) is 22.2 Å². The van der Waals surface area contributed by atoms with Crippen molar-refractivity contribution in [3.05, 3.63) is 89.5 Å². The summed E-state index contributed by atoms with van der Waals surface area (Å²) in [5.41, 5.74) is 3.56. The first-order valence-corrected chi connectivity index (χ1v) is 8.32. The Labute approximate surface area is 148 Å². The summed E-state index contributed by atoms with van der Waals surface area (Å²) < 4.78 is 1.73. The molecule has 5 nitrogen and oxygen atoms in total. The van der Waals surface area contributed by atoms with E-state index < -0.39 is 0 Å². The minimum absolute atomic E-state index is 0.118. The van der Waals surface area contributed by atoms with E-state index in [1.165, 1.54) is 0 Å². The van der Waals surface area contributed by atoms with Crippen LogP contribution in [0.4, 0.5) is 0 Å². The Morgan fingerprint density at radius 3 is 2.50 bits per heavy atom. The molecule has 0 aliphatic rings. The molecule has 5 rings (SSSR count). The van der Waals surface area contributed by atoms with Gasteiger partial charge in [0.2, 0.25) is 0 Å². The number of imidazole rings is 1. The molecule has 2 aromatic carbocycles. The number of H-pyrrole nitrogens is 1. The van der Waals surface area contributed by atoms with Gasteiger partial charge in [0, 0.05) is 29.0 Å². The van der Waals surface area contributed by atoms with E-state index in [4.69, 9.17) is 4.98 Å². The van der Waals surface area contributed by atoms with Crippen LogP contribution in [0.1, 0.15) is 0 Å². The lowest BCUT2D eigenvalue weighted by Gasteiger charge is -2.10. The van der Waals surface area contributed by atoms with Gasteiger partial charge in [0.1, 0.15) is 16.9 Å². The number of nitrogens with one attached hydrogen (secondary N) is 1. The number of fused-ring (bicyclic) bond motifs is 3. The van der Waals surface area contributed by atoms with Crippen LogP contribution in [0.5, 0.6) is 0 Å². The van der Waals surface area contributed by atoms with Gasteiger partial charge in [-0.1, -0.05) is 36.4 Å². The highest BCUT2D eigenvalue weighted by Crippen LogP contribution is 2.26. The van der Waals surface area contributed by atoms with Gasteiger partial charge in [0.15, 0.2) is 0 Å². The molecule has 0 saturated carbocycles. The first-order chi connectivity index (χ1) is 12.8. The number of pyridine rings is 2. The predicted octanol–water partition coefficient (Wildman–Crippen LogP) is 3.93. The fourth-order valence-electron chi connectivity index (χ4n) is 3.29. The molecule has 3 heterocycles. The number of aromatic nitrogens is 4. The van der Waals surface area contributed by atoms with Crippen molar-refractivity contribution in [3.63, 3.8) is 0 Å². The summed E-state index contributed by atoms with van der Waals surface area (Å²) >= 11 is 0. The highest BCUT2D eigenvalue weighted by molar-refractivity contribution is 6.03. The molecule has 1 N–H and O–H groups in total. The number of hydrogen-bond acceptors (Lipinski definition) is 3. The molecule has 5 heteroatoms. The van der Waals surface area contributed by atoms with Gasteiger partial charge in [-0.05, 0) is 30.3 Å². The van der Waals surface area contributed by atoms with E-state index in [-0.39, 0.29) is 5.56 Å². The molecule has 0 amide bonds. The molecule has 0 spiro atoms. The molecule has 0 aliphatic heterocycles. The van der Waals surface area contributed by atoms with Crippen LogP contribution >= 0.6 is 0 Å². The molecular weight excluding hydrogens is 324 g/mol. The van der Waals surface area contributed by atoms with Gasteiger partial charge in [0.25, 0.3) is 5.56 Å². The van der Waals surface area contributed by atoms with Gasteiger partial charge in [-0.2, -0.15) is 0 Å². The van der Waals surface area contributed by atoms with Gasteiger partial charge in [-0.15, -0.1) is 0 Å². The molecule has 0 radical (unpaired) electrons. The lowest BCUT2D eigenvalue weighted by atomic mass is 10.1. The number of rotatable bonds is 2. The van der Waals surface area contributed by atoms with Crippen LogP contribution in [0, 0.1) is 0 Å². The summed E-state index contributed by atoms with van der Waals surface area (Å²) in [6.45, 7) is 0. The molecule has 0 atom stereocenters. The summed E-state index contributed by atoms with van der Waals surface area (Å²) in [5.74, 6) is 0.640. The predicted molar refractivity (Wildman–Crippen MR) is 102 cm³/mol. The smallest absolute Gasteiger partial charge is 0.281 e. The molecule has 0 saturated heterocycles. The monoisotopic (exact) mass is 338 g/mol. The van der Waals surface area contributed by atoms with Crippen molar-refractivity contribution in [2.45, 2.75) is 0 Å². The summed E-state index contributed by atoms with van der Waals surface area (Å²) in [6.07, 6.45) is 3.44. The van der Waals surface area contributed by atoms with Crippen LogP contribution in [0.25, 0.3) is 39.0 Å². The Balaban J connectivity index is 1.92. The zero-order chi connectivity index (χ0) is 17.5. The number of aromatic amines is 1. The van der Waals surface area contributed by atoms with Crippen molar-refractivity contribution in [2.75, 3.05) is 0 Å². The minimum atomic E-state index is -0.118. The average Bonchev–Trinajstić information content (AvgIpc) is 3.16. The second kappa shape index (κ2) is 5.67. The zero-order valence-electron chi connectivity index (χ0n) is 13.8. The maximum atomic E-state index is 13.3. The SMILES string of the molecule is O=c1c2[nH]c(-c3cccnc3)nc2c2ccccc2n1-c1ccccc1. The third kappa shape index (κ3) is 2.14. The lowest BCUT2D eigenvalue weighted by Crippen LogP contribution is -2.19. The van der Waals surface area contributed by atoms with E-state index in [9.17, 15) is 4.79 Å². The van der Waals surface area contributed by atoms with Crippen LogP contribution in [0.15, 0.2) is 83.9 Å². The molecule has 0 fully saturated rings. The van der Waals surface area contributed by atoms with Crippen LogP contribution in [-0.2, 0) is 0 Å². The number of hydrogen-bond donors (Lipinski definition) is 1. The van der Waals surface area contributed by atoms with Crippen molar-refractivity contribution >= 4 is 21.9 Å². The van der Waals surface area contributed by atoms with E-state index in [1.54, 1.807) is 17.0 Å². The van der Waals surface area contributed by atoms with Crippen molar-refractivity contribution in [1.29, 1.82) is 0 Å². The second-order valence-electron chi connectivity index (χ2n) is 6.04. The normalized spacial score (nSPS) is 11.2. The van der Waals surface area contributed by atoms with Crippen molar-refractivity contribution in [2.24, 2.45) is 0 Å². The fourth-order valence-corrected chi connectivity index (χ4v) is 3.29. The molecular formula is C21H14N4O. The molecule has 5 aromatic rings. The number of para-hydroxylation sites is 2. The number of benzene rings is 2. The Bertz CT molecular complexity index is 1290. The Hall–Kier alpha value is -3.73. The summed E-state index contributed by atoms with van der Waals surface area (Å²) in [7, 11) is 0. The van der Waals surface area contributed by atoms with Crippen LogP contribution in [0.3, 0.4) is 0 Å². The standard InChI is InChI=1S/C21H14N4O/c26-21-19-18(23-20(24-19)14-7-6-12-22-13-14)16-10-4-5-11-17(16)25(21)15-8-2-1-3-9-15/h1-13H,(H,23,24). The first kappa shape index (κ1) is 14.6. The van der Waals surface area contributed by atoms with Crippen LogP contribution in [0.2, 0.25) is 0 Å². The highest BCUT2D eigenvalue weighted by atomic mass is 16.1. The van der Waals surface area contributed by atoms with Gasteiger partial charge in [-0.25, -0.2) is 4.98 Å². The van der Waals surface area contributed by atoms with E-state index in [0.29, 0.717) is 16.9 Å². The lowest BCUT2D eigenvalue weighted by molar-refractivity contribution is 1.05. The first-order valence-electron chi connectivity index (χ1n) is 8.32. The van der Waals surface area contributed by atoms with Gasteiger partial charge in [0.05, 0.1) is 5.52 Å². The molecule has 3 aromatic heterocycles. The molecule has 26 heavy (non-hydrogen) atoms. The fraction of sp³-hybridized carbons (Fsp3) is 0. The van der Waals surface area contributed by atoms with E-state index in [2.05, 4.69) is 9.97 Å². The molecule has 0 unspecified atom stereocenters. The van der Waals surface area contributed by atoms with Crippen molar-refractivity contribution in [3.8, 4) is 17.1 Å². The second-order valence-corrected chi connectivity index (χ2v) is 6.04. The van der Waals surface area contributed by atoms with Crippen molar-refractivity contribution in [1.82, 2.24) is 19.5 Å². The summed E-state index contributed by atoms with van der Waals surface area (Å²) in [6, 6.07) is 21.2. The Kier molecular flexibility index (Phi) is 3.18. The van der Waals surface area contributed by atoms with Crippen LogP contribution in [-0.4, -0.2) is 19.5 Å². The average molecular weight is 338 g/mol. The van der Waals surface area contributed by atoms with Crippen LogP contribution < -0.4 is 5.56 Å². The quantitative estimate of drug-likeness (QED) is 0.530. The van der Waals surface area contributed by atoms with E-state index >= 15 is 0 Å². The highest BCUT2D eigenvalue weighted by Gasteiger charge is 2.16. The third-order valence-electron chi connectivity index (χ3n) is 4.47. The maximum absolute atomic E-state index is 13.3. The number of nitrogens with zero attached hydrogens (tertiary/aromatic N) is 3.